The quantitative estimate of drug-likeness (QED) is 0.840. The summed E-state index contributed by atoms with van der Waals surface area (Å²) in [5, 5.41) is 3.19. The van der Waals surface area contributed by atoms with Crippen LogP contribution >= 0.6 is 0 Å². The highest BCUT2D eigenvalue weighted by Gasteiger charge is 2.31. The molecule has 98 valence electrons. The van der Waals surface area contributed by atoms with Crippen LogP contribution in [-0.2, 0) is 16.1 Å². The lowest BCUT2D eigenvalue weighted by atomic mass is 10.1. The van der Waals surface area contributed by atoms with Crippen LogP contribution in [0.3, 0.4) is 0 Å². The second kappa shape index (κ2) is 5.93. The Morgan fingerprint density at radius 2 is 2.50 bits per heavy atom. The van der Waals surface area contributed by atoms with Gasteiger partial charge in [-0.3, -0.25) is 9.78 Å². The molecule has 2 atom stereocenters. The summed E-state index contributed by atoms with van der Waals surface area (Å²) in [7, 11) is 3.50. The van der Waals surface area contributed by atoms with Gasteiger partial charge in [-0.25, -0.2) is 0 Å². The Labute approximate surface area is 107 Å². The first-order valence-corrected chi connectivity index (χ1v) is 6.10. The highest BCUT2D eigenvalue weighted by Crippen LogP contribution is 2.12. The second-order valence-electron chi connectivity index (χ2n) is 4.61. The van der Waals surface area contributed by atoms with Crippen LogP contribution in [0.2, 0.25) is 0 Å². The SMILES string of the molecule is COC1CNC(C(=O)N(C)Cc2cccnc2)C1. The predicted octanol–water partition coefficient (Wildman–Crippen LogP) is 0.417. The van der Waals surface area contributed by atoms with Crippen molar-refractivity contribution >= 4 is 5.91 Å². The molecule has 2 rings (SSSR count). The standard InChI is InChI=1S/C13H19N3O2/c1-16(9-10-4-3-5-14-7-10)13(17)12-6-11(18-2)8-15-12/h3-5,7,11-12,15H,6,8-9H2,1-2H3. The Morgan fingerprint density at radius 1 is 1.67 bits per heavy atom. The van der Waals surface area contributed by atoms with Crippen LogP contribution in [-0.4, -0.2) is 48.6 Å². The van der Waals surface area contributed by atoms with Gasteiger partial charge in [-0.2, -0.15) is 0 Å². The van der Waals surface area contributed by atoms with E-state index in [1.54, 1.807) is 24.4 Å². The van der Waals surface area contributed by atoms with E-state index in [-0.39, 0.29) is 18.1 Å². The molecule has 0 spiro atoms. The van der Waals surface area contributed by atoms with Crippen molar-refractivity contribution in [2.24, 2.45) is 0 Å². The minimum absolute atomic E-state index is 0.110. The van der Waals surface area contributed by atoms with Gasteiger partial charge in [0.15, 0.2) is 0 Å². The molecule has 2 unspecified atom stereocenters. The molecule has 0 saturated carbocycles. The van der Waals surface area contributed by atoms with E-state index in [4.69, 9.17) is 4.74 Å². The molecule has 1 aromatic rings. The van der Waals surface area contributed by atoms with E-state index in [0.717, 1.165) is 18.5 Å². The average molecular weight is 249 g/mol. The highest BCUT2D eigenvalue weighted by atomic mass is 16.5. The number of hydrogen-bond acceptors (Lipinski definition) is 4. The van der Waals surface area contributed by atoms with Gasteiger partial charge in [0.25, 0.3) is 0 Å². The van der Waals surface area contributed by atoms with Crippen molar-refractivity contribution in [3.05, 3.63) is 30.1 Å². The lowest BCUT2D eigenvalue weighted by Crippen LogP contribution is -2.41. The number of nitrogens with zero attached hydrogens (tertiary/aromatic N) is 2. The number of aromatic nitrogens is 1. The average Bonchev–Trinajstić information content (AvgIpc) is 2.87. The largest absolute Gasteiger partial charge is 0.380 e. The summed E-state index contributed by atoms with van der Waals surface area (Å²) in [5.41, 5.74) is 1.04. The molecule has 18 heavy (non-hydrogen) atoms. The number of hydrogen-bond donors (Lipinski definition) is 1. The van der Waals surface area contributed by atoms with E-state index in [2.05, 4.69) is 10.3 Å². The fraction of sp³-hybridized carbons (Fsp3) is 0.538. The normalized spacial score (nSPS) is 23.0. The number of nitrogens with one attached hydrogen (secondary N) is 1. The molecule has 0 aromatic carbocycles. The summed E-state index contributed by atoms with van der Waals surface area (Å²) < 4.78 is 5.25. The van der Waals surface area contributed by atoms with Crippen molar-refractivity contribution in [2.45, 2.75) is 25.1 Å². The summed E-state index contributed by atoms with van der Waals surface area (Å²) in [5.74, 6) is 0.110. The Bertz CT molecular complexity index is 396. The molecule has 1 amide bonds. The zero-order chi connectivity index (χ0) is 13.0. The molecule has 0 radical (unpaired) electrons. The molecule has 0 aliphatic carbocycles. The summed E-state index contributed by atoms with van der Waals surface area (Å²) in [6.07, 6.45) is 4.40. The topological polar surface area (TPSA) is 54.5 Å². The van der Waals surface area contributed by atoms with Gasteiger partial charge in [-0.05, 0) is 18.1 Å². The lowest BCUT2D eigenvalue weighted by molar-refractivity contribution is -0.132. The second-order valence-corrected chi connectivity index (χ2v) is 4.61. The molecule has 2 heterocycles. The number of amides is 1. The number of pyridine rings is 1. The van der Waals surface area contributed by atoms with Crippen molar-refractivity contribution in [1.82, 2.24) is 15.2 Å². The number of carbonyl (C=O) groups excluding carboxylic acids is 1. The van der Waals surface area contributed by atoms with Crippen molar-refractivity contribution in [2.75, 3.05) is 20.7 Å². The van der Waals surface area contributed by atoms with Gasteiger partial charge in [0.2, 0.25) is 5.91 Å². The summed E-state index contributed by atoms with van der Waals surface area (Å²) in [6, 6.07) is 3.72. The summed E-state index contributed by atoms with van der Waals surface area (Å²) in [4.78, 5) is 18.0. The fourth-order valence-corrected chi connectivity index (χ4v) is 2.18. The number of methoxy groups -OCH3 is 1. The monoisotopic (exact) mass is 249 g/mol. The van der Waals surface area contributed by atoms with Gasteiger partial charge in [-0.1, -0.05) is 6.07 Å². The molecule has 1 aliphatic rings. The van der Waals surface area contributed by atoms with Crippen LogP contribution < -0.4 is 5.32 Å². The Kier molecular flexibility index (Phi) is 4.28. The Hall–Kier alpha value is -1.46. The van der Waals surface area contributed by atoms with E-state index < -0.39 is 0 Å². The molecule has 5 heteroatoms. The fourth-order valence-electron chi connectivity index (χ4n) is 2.18. The first-order chi connectivity index (χ1) is 8.70. The van der Waals surface area contributed by atoms with Gasteiger partial charge >= 0.3 is 0 Å². The van der Waals surface area contributed by atoms with E-state index in [1.807, 2.05) is 19.2 Å². The van der Waals surface area contributed by atoms with E-state index in [0.29, 0.717) is 6.54 Å². The Morgan fingerprint density at radius 3 is 3.11 bits per heavy atom. The van der Waals surface area contributed by atoms with Crippen LogP contribution in [0.1, 0.15) is 12.0 Å². The first kappa shape index (κ1) is 13.0. The van der Waals surface area contributed by atoms with Gasteiger partial charge in [0, 0.05) is 39.6 Å². The smallest absolute Gasteiger partial charge is 0.239 e. The third-order valence-electron chi connectivity index (χ3n) is 3.24. The summed E-state index contributed by atoms with van der Waals surface area (Å²) >= 11 is 0. The van der Waals surface area contributed by atoms with Gasteiger partial charge in [0.1, 0.15) is 0 Å². The van der Waals surface area contributed by atoms with Crippen molar-refractivity contribution in [1.29, 1.82) is 0 Å². The van der Waals surface area contributed by atoms with Crippen molar-refractivity contribution < 1.29 is 9.53 Å². The molecular weight excluding hydrogens is 230 g/mol. The van der Waals surface area contributed by atoms with Crippen LogP contribution in [0, 0.1) is 0 Å². The van der Waals surface area contributed by atoms with E-state index >= 15 is 0 Å². The lowest BCUT2D eigenvalue weighted by Gasteiger charge is -2.21. The van der Waals surface area contributed by atoms with Gasteiger partial charge in [-0.15, -0.1) is 0 Å². The van der Waals surface area contributed by atoms with Crippen LogP contribution in [0.15, 0.2) is 24.5 Å². The highest BCUT2D eigenvalue weighted by molar-refractivity contribution is 5.82. The molecule has 1 N–H and O–H groups in total. The Balaban J connectivity index is 1.89. The number of likely N-dealkylation sites (N-methyl/N-ethyl adjacent to an activating group) is 1. The maximum Gasteiger partial charge on any atom is 0.239 e. The molecule has 1 aromatic heterocycles. The van der Waals surface area contributed by atoms with Crippen molar-refractivity contribution in [3.63, 3.8) is 0 Å². The third kappa shape index (κ3) is 3.05. The third-order valence-corrected chi connectivity index (χ3v) is 3.24. The molecule has 1 fully saturated rings. The zero-order valence-electron chi connectivity index (χ0n) is 10.8. The molecule has 1 saturated heterocycles. The number of carbonyl (C=O) groups is 1. The summed E-state index contributed by atoms with van der Waals surface area (Å²) in [6.45, 7) is 1.33. The van der Waals surface area contributed by atoms with Gasteiger partial charge < -0.3 is 15.0 Å². The number of rotatable bonds is 4. The number of ether oxygens (including phenoxy) is 1. The minimum Gasteiger partial charge on any atom is -0.380 e. The zero-order valence-corrected chi connectivity index (χ0v) is 10.8. The molecular formula is C13H19N3O2. The predicted molar refractivity (Wildman–Crippen MR) is 67.9 cm³/mol. The molecule has 0 bridgehead atoms. The molecule has 5 nitrogen and oxygen atoms in total. The minimum atomic E-state index is -0.128. The van der Waals surface area contributed by atoms with Crippen LogP contribution in [0.5, 0.6) is 0 Å². The maximum atomic E-state index is 12.2. The van der Waals surface area contributed by atoms with Crippen molar-refractivity contribution in [3.8, 4) is 0 Å². The van der Waals surface area contributed by atoms with E-state index in [9.17, 15) is 4.79 Å². The first-order valence-electron chi connectivity index (χ1n) is 6.10. The maximum absolute atomic E-state index is 12.2. The van der Waals surface area contributed by atoms with Crippen LogP contribution in [0.25, 0.3) is 0 Å². The van der Waals surface area contributed by atoms with E-state index in [1.165, 1.54) is 0 Å². The van der Waals surface area contributed by atoms with Gasteiger partial charge in [0.05, 0.1) is 12.1 Å². The molecule has 1 aliphatic heterocycles. The van der Waals surface area contributed by atoms with Crippen LogP contribution in [0.4, 0.5) is 0 Å².